The molecule has 0 radical (unpaired) electrons. The molecule has 19 heavy (non-hydrogen) atoms. The Morgan fingerprint density at radius 2 is 2.32 bits per heavy atom. The maximum absolute atomic E-state index is 11.9. The van der Waals surface area contributed by atoms with Gasteiger partial charge in [0.15, 0.2) is 5.17 Å². The van der Waals surface area contributed by atoms with Crippen molar-refractivity contribution >= 4 is 22.8 Å². The minimum Gasteiger partial charge on any atom is -0.378 e. The topological polar surface area (TPSA) is 53.9 Å². The van der Waals surface area contributed by atoms with Crippen molar-refractivity contribution in [2.75, 3.05) is 38.6 Å². The zero-order chi connectivity index (χ0) is 13.5. The number of rotatable bonds is 4. The number of thioether (sulfide) groups is 1. The van der Waals surface area contributed by atoms with Gasteiger partial charge in [-0.25, -0.2) is 0 Å². The Balaban J connectivity index is 1.71. The first-order chi connectivity index (χ1) is 9.29. The Hall–Kier alpha value is -0.750. The lowest BCUT2D eigenvalue weighted by Gasteiger charge is -2.27. The molecule has 2 aliphatic rings. The van der Waals surface area contributed by atoms with E-state index in [1.165, 1.54) is 6.42 Å². The second kappa shape index (κ2) is 7.75. The molecule has 1 atom stereocenters. The van der Waals surface area contributed by atoms with Crippen molar-refractivity contribution in [1.82, 2.24) is 10.2 Å². The minimum absolute atomic E-state index is 0.195. The van der Waals surface area contributed by atoms with E-state index in [4.69, 9.17) is 4.74 Å². The number of carbonyl (C=O) groups is 1. The highest BCUT2D eigenvalue weighted by atomic mass is 32.2. The molecule has 0 aliphatic carbocycles. The number of amides is 1. The number of hydrogen-bond donors (Lipinski definition) is 1. The van der Waals surface area contributed by atoms with Gasteiger partial charge in [-0.15, -0.1) is 0 Å². The van der Waals surface area contributed by atoms with Crippen LogP contribution in [-0.2, 0) is 9.53 Å². The second-order valence-electron chi connectivity index (χ2n) is 4.82. The van der Waals surface area contributed by atoms with Crippen LogP contribution in [0.15, 0.2) is 4.99 Å². The number of aliphatic imine (C=N–C) groups is 1. The molecule has 0 aromatic carbocycles. The van der Waals surface area contributed by atoms with Crippen LogP contribution in [-0.4, -0.2) is 60.6 Å². The summed E-state index contributed by atoms with van der Waals surface area (Å²) in [6.45, 7) is 5.54. The summed E-state index contributed by atoms with van der Waals surface area (Å²) in [5.41, 5.74) is 0. The molecule has 0 aromatic heterocycles. The third kappa shape index (κ3) is 4.69. The largest absolute Gasteiger partial charge is 0.378 e. The molecule has 0 spiro atoms. The molecule has 5 nitrogen and oxygen atoms in total. The van der Waals surface area contributed by atoms with E-state index in [1.807, 2.05) is 4.90 Å². The highest BCUT2D eigenvalue weighted by Gasteiger charge is 2.17. The Morgan fingerprint density at radius 3 is 3.05 bits per heavy atom. The highest BCUT2D eigenvalue weighted by Crippen LogP contribution is 2.15. The lowest BCUT2D eigenvalue weighted by atomic mass is 10.2. The Bertz CT molecular complexity index is 330. The monoisotopic (exact) mass is 285 g/mol. The molecule has 0 aromatic rings. The normalized spacial score (nSPS) is 26.3. The van der Waals surface area contributed by atoms with Gasteiger partial charge in [-0.2, -0.15) is 0 Å². The van der Waals surface area contributed by atoms with Gasteiger partial charge in [0.25, 0.3) is 0 Å². The maximum Gasteiger partial charge on any atom is 0.224 e. The van der Waals surface area contributed by atoms with Crippen LogP contribution in [0.2, 0.25) is 0 Å². The van der Waals surface area contributed by atoms with E-state index in [0.29, 0.717) is 32.2 Å². The highest BCUT2D eigenvalue weighted by molar-refractivity contribution is 8.13. The van der Waals surface area contributed by atoms with Gasteiger partial charge in [0, 0.05) is 31.3 Å². The van der Waals surface area contributed by atoms with Crippen LogP contribution in [0.25, 0.3) is 0 Å². The SMILES string of the molecule is CCC1CCSC(=NCCC(=O)N2CCOCC2)N1. The number of nitrogens with one attached hydrogen (secondary N) is 1. The predicted molar refractivity (Wildman–Crippen MR) is 78.6 cm³/mol. The van der Waals surface area contributed by atoms with Crippen molar-refractivity contribution < 1.29 is 9.53 Å². The molecule has 2 rings (SSSR count). The van der Waals surface area contributed by atoms with Gasteiger partial charge in [0.2, 0.25) is 5.91 Å². The standard InChI is InChI=1S/C13H23N3O2S/c1-2-11-4-10-19-13(15-11)14-5-3-12(17)16-6-8-18-9-7-16/h11H,2-10H2,1H3,(H,14,15). The first-order valence-electron chi connectivity index (χ1n) is 7.09. The van der Waals surface area contributed by atoms with Gasteiger partial charge in [0.05, 0.1) is 19.8 Å². The Morgan fingerprint density at radius 1 is 1.53 bits per heavy atom. The van der Waals surface area contributed by atoms with Crippen LogP contribution in [0.4, 0.5) is 0 Å². The molecular formula is C13H23N3O2S. The first kappa shape index (κ1) is 14.7. The van der Waals surface area contributed by atoms with Gasteiger partial charge in [-0.05, 0) is 12.8 Å². The Labute approximate surface area is 119 Å². The van der Waals surface area contributed by atoms with Crippen molar-refractivity contribution in [3.05, 3.63) is 0 Å². The lowest BCUT2D eigenvalue weighted by Crippen LogP contribution is -2.41. The average molecular weight is 285 g/mol. The number of ether oxygens (including phenoxy) is 1. The molecular weight excluding hydrogens is 262 g/mol. The Kier molecular flexibility index (Phi) is 5.97. The van der Waals surface area contributed by atoms with Gasteiger partial charge in [-0.3, -0.25) is 9.79 Å². The molecule has 0 bridgehead atoms. The van der Waals surface area contributed by atoms with E-state index in [0.717, 1.165) is 30.4 Å². The van der Waals surface area contributed by atoms with Crippen molar-refractivity contribution in [3.8, 4) is 0 Å². The quantitative estimate of drug-likeness (QED) is 0.840. The zero-order valence-corrected chi connectivity index (χ0v) is 12.4. The minimum atomic E-state index is 0.195. The smallest absolute Gasteiger partial charge is 0.224 e. The van der Waals surface area contributed by atoms with Crippen molar-refractivity contribution in [2.45, 2.75) is 32.2 Å². The molecule has 108 valence electrons. The predicted octanol–water partition coefficient (Wildman–Crippen LogP) is 1.10. The number of amidine groups is 1. The van der Waals surface area contributed by atoms with Crippen LogP contribution in [0.3, 0.4) is 0 Å². The maximum atomic E-state index is 11.9. The summed E-state index contributed by atoms with van der Waals surface area (Å²) in [5, 5.41) is 4.43. The molecule has 6 heteroatoms. The van der Waals surface area contributed by atoms with Crippen molar-refractivity contribution in [2.24, 2.45) is 4.99 Å². The lowest BCUT2D eigenvalue weighted by molar-refractivity contribution is -0.135. The third-order valence-electron chi connectivity index (χ3n) is 3.47. The van der Waals surface area contributed by atoms with E-state index in [1.54, 1.807) is 11.8 Å². The van der Waals surface area contributed by atoms with Crippen LogP contribution in [0.1, 0.15) is 26.2 Å². The van der Waals surface area contributed by atoms with Crippen LogP contribution >= 0.6 is 11.8 Å². The molecule has 2 aliphatic heterocycles. The molecule has 1 unspecified atom stereocenters. The molecule has 2 heterocycles. The van der Waals surface area contributed by atoms with Crippen LogP contribution in [0.5, 0.6) is 0 Å². The molecule has 1 amide bonds. The summed E-state index contributed by atoms with van der Waals surface area (Å²) in [4.78, 5) is 18.3. The van der Waals surface area contributed by atoms with Gasteiger partial charge >= 0.3 is 0 Å². The fourth-order valence-corrected chi connectivity index (χ4v) is 3.24. The third-order valence-corrected chi connectivity index (χ3v) is 4.43. The van der Waals surface area contributed by atoms with Crippen molar-refractivity contribution in [3.63, 3.8) is 0 Å². The summed E-state index contributed by atoms with van der Waals surface area (Å²) >= 11 is 1.76. The molecule has 1 N–H and O–H groups in total. The first-order valence-corrected chi connectivity index (χ1v) is 8.07. The summed E-state index contributed by atoms with van der Waals surface area (Å²) in [6.07, 6.45) is 2.84. The van der Waals surface area contributed by atoms with E-state index >= 15 is 0 Å². The zero-order valence-electron chi connectivity index (χ0n) is 11.6. The molecule has 2 fully saturated rings. The van der Waals surface area contributed by atoms with Crippen LogP contribution < -0.4 is 5.32 Å². The molecule has 0 saturated carbocycles. The van der Waals surface area contributed by atoms with Gasteiger partial charge < -0.3 is 15.0 Å². The number of carbonyl (C=O) groups excluding carboxylic acids is 1. The van der Waals surface area contributed by atoms with Crippen molar-refractivity contribution in [1.29, 1.82) is 0 Å². The van der Waals surface area contributed by atoms with E-state index < -0.39 is 0 Å². The summed E-state index contributed by atoms with van der Waals surface area (Å²) in [6, 6.07) is 0.551. The number of hydrogen-bond acceptors (Lipinski definition) is 4. The summed E-state index contributed by atoms with van der Waals surface area (Å²) in [5.74, 6) is 1.32. The van der Waals surface area contributed by atoms with Gasteiger partial charge in [0.1, 0.15) is 0 Å². The van der Waals surface area contributed by atoms with E-state index in [2.05, 4.69) is 17.2 Å². The van der Waals surface area contributed by atoms with E-state index in [9.17, 15) is 4.79 Å². The van der Waals surface area contributed by atoms with Crippen LogP contribution in [0, 0.1) is 0 Å². The second-order valence-corrected chi connectivity index (χ2v) is 5.90. The summed E-state index contributed by atoms with van der Waals surface area (Å²) in [7, 11) is 0. The fourth-order valence-electron chi connectivity index (χ4n) is 2.21. The number of morpholine rings is 1. The molecule has 2 saturated heterocycles. The fraction of sp³-hybridized carbons (Fsp3) is 0.846. The van der Waals surface area contributed by atoms with E-state index in [-0.39, 0.29) is 5.91 Å². The summed E-state index contributed by atoms with van der Waals surface area (Å²) < 4.78 is 5.24. The van der Waals surface area contributed by atoms with Gasteiger partial charge in [-0.1, -0.05) is 18.7 Å². The average Bonchev–Trinajstić information content (AvgIpc) is 2.48. The number of nitrogens with zero attached hydrogens (tertiary/aromatic N) is 2.